The Kier molecular flexibility index (Phi) is 8.23. The number of Topliss-reactive ketones (excluding diaryl/α,β-unsaturated/α-hetero) is 1. The summed E-state index contributed by atoms with van der Waals surface area (Å²) in [5.41, 5.74) is 3.89. The number of fused-ring (bicyclic) bond motifs is 3. The lowest BCUT2D eigenvalue weighted by atomic mass is 10.00. The number of benzene rings is 1. The molecule has 4 aromatic rings. The number of aromatic nitrogens is 5. The summed E-state index contributed by atoms with van der Waals surface area (Å²) in [5, 5.41) is 8.27. The van der Waals surface area contributed by atoms with Gasteiger partial charge in [-0.1, -0.05) is 18.2 Å². The van der Waals surface area contributed by atoms with Gasteiger partial charge in [0, 0.05) is 47.3 Å². The van der Waals surface area contributed by atoms with Crippen molar-refractivity contribution in [1.29, 1.82) is 0 Å². The zero-order valence-electron chi connectivity index (χ0n) is 26.3. The number of piperidine rings is 1. The summed E-state index contributed by atoms with van der Waals surface area (Å²) in [7, 11) is 0. The molecular weight excluding hydrogens is 666 g/mol. The first kappa shape index (κ1) is 31.3. The minimum atomic E-state index is -0.733. The number of nitrogens with one attached hydrogen (secondary N) is 1. The van der Waals surface area contributed by atoms with Gasteiger partial charge in [0.25, 0.3) is 0 Å². The van der Waals surface area contributed by atoms with Crippen LogP contribution >= 0.6 is 15.9 Å². The molecule has 3 atom stereocenters. The second kappa shape index (κ2) is 12.4. The highest BCUT2D eigenvalue weighted by molar-refractivity contribution is 9.10. The minimum absolute atomic E-state index is 0.133. The lowest BCUT2D eigenvalue weighted by Crippen LogP contribution is -2.47. The number of aryl methyl sites for hydroxylation is 2. The van der Waals surface area contributed by atoms with Crippen LogP contribution in [0.25, 0.3) is 22.0 Å². The Hall–Kier alpha value is -4.33. The third-order valence-corrected chi connectivity index (χ3v) is 9.65. The van der Waals surface area contributed by atoms with Crippen LogP contribution in [0.5, 0.6) is 0 Å². The number of nitrogens with zero attached hydrogens (tertiary/aromatic N) is 6. The maximum Gasteiger partial charge on any atom is 0.248 e. The number of likely N-dealkylation sites (tertiary alicyclic amines) is 1. The Morgan fingerprint density at radius 3 is 2.60 bits per heavy atom. The molecule has 1 aromatic carbocycles. The van der Waals surface area contributed by atoms with Gasteiger partial charge in [-0.15, -0.1) is 0 Å². The van der Waals surface area contributed by atoms with E-state index in [1.54, 1.807) is 28.0 Å². The van der Waals surface area contributed by atoms with E-state index in [4.69, 9.17) is 9.47 Å². The highest BCUT2D eigenvalue weighted by atomic mass is 79.9. The number of hydrogen-bond donors (Lipinski definition) is 1. The van der Waals surface area contributed by atoms with Gasteiger partial charge in [-0.05, 0) is 71.9 Å². The van der Waals surface area contributed by atoms with Gasteiger partial charge in [-0.3, -0.25) is 19.1 Å². The number of amides is 2. The molecule has 12 nitrogen and oxygen atoms in total. The monoisotopic (exact) mass is 699 g/mol. The molecule has 1 N–H and O–H groups in total. The van der Waals surface area contributed by atoms with Crippen LogP contribution in [-0.4, -0.2) is 79.1 Å². The van der Waals surface area contributed by atoms with Crippen LogP contribution in [0, 0.1) is 19.3 Å². The van der Waals surface area contributed by atoms with Crippen LogP contribution in [0.2, 0.25) is 0 Å². The quantitative estimate of drug-likeness (QED) is 0.184. The summed E-state index contributed by atoms with van der Waals surface area (Å²) in [4.78, 5) is 55.8. The van der Waals surface area contributed by atoms with Gasteiger partial charge in [0.2, 0.25) is 11.8 Å². The second-order valence-corrected chi connectivity index (χ2v) is 13.3. The number of halogens is 1. The lowest BCUT2D eigenvalue weighted by molar-refractivity contribution is -0.138. The normalized spacial score (nSPS) is 23.3. The molecule has 1 spiro atoms. The molecule has 13 heteroatoms. The largest absolute Gasteiger partial charge is 0.377 e. The van der Waals surface area contributed by atoms with E-state index in [0.717, 1.165) is 28.7 Å². The number of anilines is 1. The van der Waals surface area contributed by atoms with Gasteiger partial charge in [-0.2, -0.15) is 5.10 Å². The van der Waals surface area contributed by atoms with E-state index in [1.807, 2.05) is 44.2 Å². The fraction of sp³-hybridized carbons (Fsp3) is 0.382. The van der Waals surface area contributed by atoms with Gasteiger partial charge < -0.3 is 19.7 Å². The zero-order chi connectivity index (χ0) is 32.9. The first-order valence-electron chi connectivity index (χ1n) is 15.5. The number of rotatable bonds is 4. The molecule has 3 aliphatic rings. The zero-order valence-corrected chi connectivity index (χ0v) is 27.9. The van der Waals surface area contributed by atoms with Gasteiger partial charge in [0.1, 0.15) is 34.5 Å². The topological polar surface area (TPSA) is 141 Å². The molecule has 7 rings (SSSR count). The first-order chi connectivity index (χ1) is 22.6. The van der Waals surface area contributed by atoms with Crippen LogP contribution < -0.4 is 5.32 Å². The fourth-order valence-electron chi connectivity index (χ4n) is 6.83. The van der Waals surface area contributed by atoms with Gasteiger partial charge >= 0.3 is 0 Å². The van der Waals surface area contributed by atoms with Crippen molar-refractivity contribution in [3.8, 4) is 11.1 Å². The maximum absolute atomic E-state index is 14.3. The van der Waals surface area contributed by atoms with Crippen molar-refractivity contribution in [1.82, 2.24) is 29.6 Å². The van der Waals surface area contributed by atoms with Crippen molar-refractivity contribution in [2.75, 3.05) is 25.1 Å². The predicted molar refractivity (Wildman–Crippen MR) is 177 cm³/mol. The molecule has 2 amide bonds. The Morgan fingerprint density at radius 1 is 1.06 bits per heavy atom. The maximum atomic E-state index is 14.3. The van der Waals surface area contributed by atoms with Crippen molar-refractivity contribution < 1.29 is 23.9 Å². The molecule has 1 saturated heterocycles. The van der Waals surface area contributed by atoms with Crippen molar-refractivity contribution in [3.63, 3.8) is 0 Å². The SMILES string of the molecule is CC(=O)c1nn(CC(=O)N2[C@H]3C[C@@]4(COC/C=C\COCc5ccc(Br)nc5NC3=O)C[C@@H]24)c2c(C)cc(-c3cnc(C)nc3)cc12. The highest BCUT2D eigenvalue weighted by Gasteiger charge is 2.67. The Labute approximate surface area is 279 Å². The van der Waals surface area contributed by atoms with Crippen LogP contribution in [-0.2, 0) is 32.2 Å². The Balaban J connectivity index is 1.22. The Morgan fingerprint density at radius 2 is 1.83 bits per heavy atom. The minimum Gasteiger partial charge on any atom is -0.377 e. The third kappa shape index (κ3) is 5.99. The summed E-state index contributed by atoms with van der Waals surface area (Å²) in [6.07, 6.45) is 8.53. The van der Waals surface area contributed by atoms with Crippen molar-refractivity contribution in [2.45, 2.75) is 58.8 Å². The molecule has 3 aromatic heterocycles. The van der Waals surface area contributed by atoms with E-state index in [1.165, 1.54) is 6.92 Å². The number of ether oxygens (including phenoxy) is 2. The number of carbonyl (C=O) groups excluding carboxylic acids is 3. The van der Waals surface area contributed by atoms with Gasteiger partial charge in [0.15, 0.2) is 5.78 Å². The number of ketones is 1. The number of carbonyl (C=O) groups is 3. The fourth-order valence-corrected chi connectivity index (χ4v) is 7.14. The molecule has 0 radical (unpaired) electrons. The van der Waals surface area contributed by atoms with Crippen LogP contribution in [0.1, 0.15) is 47.2 Å². The van der Waals surface area contributed by atoms with Crippen LogP contribution in [0.4, 0.5) is 5.82 Å². The van der Waals surface area contributed by atoms with Crippen LogP contribution in [0.15, 0.2) is 53.4 Å². The molecule has 5 heterocycles. The van der Waals surface area contributed by atoms with E-state index in [9.17, 15) is 14.4 Å². The van der Waals surface area contributed by atoms with Crippen molar-refractivity contribution in [2.24, 2.45) is 5.41 Å². The van der Waals surface area contributed by atoms with Crippen molar-refractivity contribution >= 4 is 50.2 Å². The lowest BCUT2D eigenvalue weighted by Gasteiger charge is -2.27. The van der Waals surface area contributed by atoms with Crippen molar-refractivity contribution in [3.05, 3.63) is 76.1 Å². The molecule has 2 aliphatic heterocycles. The van der Waals surface area contributed by atoms with Crippen LogP contribution in [0.3, 0.4) is 0 Å². The average Bonchev–Trinajstić information content (AvgIpc) is 3.43. The molecule has 1 saturated carbocycles. The van der Waals surface area contributed by atoms with E-state index < -0.39 is 6.04 Å². The van der Waals surface area contributed by atoms with E-state index in [0.29, 0.717) is 53.4 Å². The molecule has 47 heavy (non-hydrogen) atoms. The smallest absolute Gasteiger partial charge is 0.248 e. The standard InChI is InChI=1S/C34H34BrN7O5/c1-19-10-23(24-14-36-21(3)37-15-24)11-25-30(20(2)43)40-41(31(19)25)16-29(44)42-26-12-34(13-27(34)42)18-47-9-5-4-8-46-17-22-6-7-28(35)38-32(22)39-33(26)45/h4-7,10-11,14-15,26-27H,8-9,12-13,16-18H2,1-3H3,(H,38,39,45)/b5-4-/t26-,27+,34-/m0/s1. The summed E-state index contributed by atoms with van der Waals surface area (Å²) < 4.78 is 13.9. The Bertz CT molecular complexity index is 1940. The summed E-state index contributed by atoms with van der Waals surface area (Å²) >= 11 is 3.40. The highest BCUT2D eigenvalue weighted by Crippen LogP contribution is 2.60. The molecular formula is C34H34BrN7O5. The molecule has 1 aliphatic carbocycles. The summed E-state index contributed by atoms with van der Waals surface area (Å²) in [5.74, 6) is 0.266. The number of hydrogen-bond acceptors (Lipinski definition) is 9. The van der Waals surface area contributed by atoms with E-state index in [2.05, 4.69) is 41.3 Å². The molecule has 242 valence electrons. The molecule has 2 fully saturated rings. The van der Waals surface area contributed by atoms with Gasteiger partial charge in [0.05, 0.1) is 31.9 Å². The third-order valence-electron chi connectivity index (χ3n) is 9.20. The summed E-state index contributed by atoms with van der Waals surface area (Å²) in [6.45, 7) is 6.58. The average molecular weight is 701 g/mol. The summed E-state index contributed by atoms with van der Waals surface area (Å²) in [6, 6.07) is 6.64. The number of pyridine rings is 1. The predicted octanol–water partition coefficient (Wildman–Crippen LogP) is 4.57. The van der Waals surface area contributed by atoms with E-state index in [-0.39, 0.29) is 47.9 Å². The molecule has 0 unspecified atom stereocenters. The second-order valence-electron chi connectivity index (χ2n) is 12.5. The first-order valence-corrected chi connectivity index (χ1v) is 16.3. The van der Waals surface area contributed by atoms with Gasteiger partial charge in [-0.25, -0.2) is 15.0 Å². The van der Waals surface area contributed by atoms with E-state index >= 15 is 0 Å². The molecule has 2 bridgehead atoms.